The lowest BCUT2D eigenvalue weighted by Crippen LogP contribution is -2.01. The molecule has 0 radical (unpaired) electrons. The highest BCUT2D eigenvalue weighted by atomic mass is 32.1. The molecule has 0 unspecified atom stereocenters. The van der Waals surface area contributed by atoms with Crippen molar-refractivity contribution in [3.8, 4) is 11.1 Å². The molecule has 3 nitrogen and oxygen atoms in total. The zero-order valence-corrected chi connectivity index (χ0v) is 15.2. The monoisotopic (exact) mass is 357 g/mol. The predicted molar refractivity (Wildman–Crippen MR) is 104 cm³/mol. The first-order valence-corrected chi connectivity index (χ1v) is 8.25. The second-order valence-electron chi connectivity index (χ2n) is 5.41. The molecule has 0 heterocycles. The van der Waals surface area contributed by atoms with Gasteiger partial charge in [-0.3, -0.25) is 0 Å². The fraction of sp³-hybridized carbons (Fsp3) is 0.150. The zero-order chi connectivity index (χ0) is 18.6. The molecular formula is C20H20FNO2S. The van der Waals surface area contributed by atoms with Crippen LogP contribution in [0.5, 0.6) is 0 Å². The van der Waals surface area contributed by atoms with Gasteiger partial charge in [0.25, 0.3) is 0 Å². The van der Waals surface area contributed by atoms with E-state index in [0.29, 0.717) is 5.56 Å². The van der Waals surface area contributed by atoms with E-state index in [2.05, 4.69) is 17.9 Å². The van der Waals surface area contributed by atoms with E-state index in [1.807, 2.05) is 51.3 Å². The van der Waals surface area contributed by atoms with Crippen LogP contribution in [0, 0.1) is 5.82 Å². The largest absolute Gasteiger partial charge is 0.478 e. The molecule has 5 heteroatoms. The summed E-state index contributed by atoms with van der Waals surface area (Å²) < 4.78 is 13.8. The van der Waals surface area contributed by atoms with Crippen LogP contribution in [0.2, 0.25) is 0 Å². The topological polar surface area (TPSA) is 49.3 Å². The summed E-state index contributed by atoms with van der Waals surface area (Å²) in [5, 5.41) is 12.3. The zero-order valence-electron chi connectivity index (χ0n) is 14.3. The van der Waals surface area contributed by atoms with Gasteiger partial charge in [0.1, 0.15) is 5.82 Å². The van der Waals surface area contributed by atoms with E-state index in [-0.39, 0.29) is 5.56 Å². The highest BCUT2D eigenvalue weighted by molar-refractivity contribution is 7.80. The number of hydrogen-bond acceptors (Lipinski definition) is 3. The van der Waals surface area contributed by atoms with Gasteiger partial charge in [0.2, 0.25) is 0 Å². The fourth-order valence-electron chi connectivity index (χ4n) is 2.64. The molecule has 2 aromatic carbocycles. The molecule has 130 valence electrons. The fourth-order valence-corrected chi connectivity index (χ4v) is 2.95. The van der Waals surface area contributed by atoms with Crippen LogP contribution in [0.3, 0.4) is 0 Å². The molecule has 0 spiro atoms. The molecule has 0 aromatic heterocycles. The number of hydrogen-bond donors (Lipinski definition) is 3. The normalized spacial score (nSPS) is 11.8. The minimum absolute atomic E-state index is 0.352. The molecule has 0 saturated heterocycles. The summed E-state index contributed by atoms with van der Waals surface area (Å²) in [6.45, 7) is 3.86. The first-order valence-electron chi connectivity index (χ1n) is 7.80. The Labute approximate surface area is 152 Å². The maximum atomic E-state index is 13.8. The molecule has 25 heavy (non-hydrogen) atoms. The summed E-state index contributed by atoms with van der Waals surface area (Å²) in [4.78, 5) is 12.0. The number of carboxylic acids is 1. The van der Waals surface area contributed by atoms with E-state index in [4.69, 9.17) is 0 Å². The second kappa shape index (κ2) is 8.03. The molecule has 2 N–H and O–H groups in total. The number of nitrogens with one attached hydrogen (secondary N) is 1. The predicted octanol–water partition coefficient (Wildman–Crippen LogP) is 5.50. The number of benzene rings is 2. The van der Waals surface area contributed by atoms with Gasteiger partial charge >= 0.3 is 5.97 Å². The van der Waals surface area contributed by atoms with Crippen LogP contribution in [0.25, 0.3) is 16.7 Å². The number of thiol groups is 1. The van der Waals surface area contributed by atoms with Crippen molar-refractivity contribution >= 4 is 29.9 Å². The third kappa shape index (κ3) is 3.94. The van der Waals surface area contributed by atoms with E-state index in [0.717, 1.165) is 27.3 Å². The first-order chi connectivity index (χ1) is 11.9. The van der Waals surface area contributed by atoms with Crippen molar-refractivity contribution in [3.05, 3.63) is 65.5 Å². The smallest absolute Gasteiger partial charge is 0.338 e. The van der Waals surface area contributed by atoms with Crippen LogP contribution in [0.15, 0.2) is 53.5 Å². The molecular weight excluding hydrogens is 337 g/mol. The van der Waals surface area contributed by atoms with Gasteiger partial charge in [0.15, 0.2) is 0 Å². The summed E-state index contributed by atoms with van der Waals surface area (Å²) in [6, 6.07) is 7.92. The Morgan fingerprint density at radius 2 is 1.92 bits per heavy atom. The molecule has 0 aliphatic heterocycles. The average molecular weight is 357 g/mol. The summed E-state index contributed by atoms with van der Waals surface area (Å²) in [7, 11) is 1.81. The van der Waals surface area contributed by atoms with Crippen LogP contribution in [-0.2, 0) is 0 Å². The highest BCUT2D eigenvalue weighted by Gasteiger charge is 2.16. The second-order valence-corrected chi connectivity index (χ2v) is 5.89. The van der Waals surface area contributed by atoms with Crippen molar-refractivity contribution in [2.24, 2.45) is 0 Å². The minimum Gasteiger partial charge on any atom is -0.478 e. The van der Waals surface area contributed by atoms with Crippen LogP contribution in [0.4, 0.5) is 10.1 Å². The Morgan fingerprint density at radius 3 is 2.48 bits per heavy atom. The van der Waals surface area contributed by atoms with E-state index in [1.165, 1.54) is 12.1 Å². The Morgan fingerprint density at radius 1 is 1.20 bits per heavy atom. The molecule has 0 bridgehead atoms. The van der Waals surface area contributed by atoms with E-state index in [1.54, 1.807) is 6.07 Å². The van der Waals surface area contributed by atoms with Crippen LogP contribution >= 0.6 is 12.6 Å². The van der Waals surface area contributed by atoms with E-state index < -0.39 is 11.8 Å². The molecule has 0 aliphatic carbocycles. The SMILES string of the molecule is C/C=C\C(=C/C)c1cc(NC)c(S)cc1-c1ccc(F)c(C(=O)O)c1. The number of aromatic carboxylic acids is 1. The van der Waals surface area contributed by atoms with Crippen molar-refractivity contribution in [2.75, 3.05) is 12.4 Å². The number of rotatable bonds is 5. The summed E-state index contributed by atoms with van der Waals surface area (Å²) >= 11 is 4.49. The first kappa shape index (κ1) is 18.8. The van der Waals surface area contributed by atoms with Crippen LogP contribution in [-0.4, -0.2) is 18.1 Å². The quantitative estimate of drug-likeness (QED) is 0.489. The lowest BCUT2D eigenvalue weighted by molar-refractivity contribution is 0.0692. The van der Waals surface area contributed by atoms with Gasteiger partial charge in [-0.1, -0.05) is 24.3 Å². The van der Waals surface area contributed by atoms with Gasteiger partial charge in [-0.15, -0.1) is 12.6 Å². The van der Waals surface area contributed by atoms with Gasteiger partial charge in [-0.25, -0.2) is 9.18 Å². The Kier molecular flexibility index (Phi) is 6.04. The van der Waals surface area contributed by atoms with Crippen LogP contribution < -0.4 is 5.32 Å². The molecule has 2 aromatic rings. The Hall–Kier alpha value is -2.53. The standard InChI is InChI=1S/C20H20FNO2S/c1-4-6-12(5-2)14-10-18(22-3)19(25)11-15(14)13-7-8-17(21)16(9-13)20(23)24/h4-11,22,25H,1-3H3,(H,23,24)/b6-4-,12-5+. The number of allylic oxidation sites excluding steroid dienone is 4. The molecule has 0 saturated carbocycles. The summed E-state index contributed by atoms with van der Waals surface area (Å²) in [6.07, 6.45) is 5.87. The van der Waals surface area contributed by atoms with Crippen molar-refractivity contribution < 1.29 is 14.3 Å². The Bertz CT molecular complexity index is 872. The number of halogens is 1. The molecule has 0 atom stereocenters. The average Bonchev–Trinajstić information content (AvgIpc) is 2.60. The Balaban J connectivity index is 2.78. The van der Waals surface area contributed by atoms with E-state index >= 15 is 0 Å². The van der Waals surface area contributed by atoms with Crippen molar-refractivity contribution in [1.29, 1.82) is 0 Å². The lowest BCUT2D eigenvalue weighted by atomic mass is 9.92. The maximum Gasteiger partial charge on any atom is 0.338 e. The molecule has 0 fully saturated rings. The van der Waals surface area contributed by atoms with Gasteiger partial charge in [-0.05, 0) is 60.4 Å². The molecule has 0 aliphatic rings. The van der Waals surface area contributed by atoms with Crippen LogP contribution in [0.1, 0.15) is 29.8 Å². The summed E-state index contributed by atoms with van der Waals surface area (Å²) in [5.41, 5.74) is 3.80. The number of carboxylic acid groups (broad SMARTS) is 1. The van der Waals surface area contributed by atoms with Gasteiger partial charge in [0.05, 0.1) is 5.56 Å². The third-order valence-electron chi connectivity index (χ3n) is 3.88. The summed E-state index contributed by atoms with van der Waals surface area (Å²) in [5.74, 6) is -2.05. The third-order valence-corrected chi connectivity index (χ3v) is 4.25. The number of carbonyl (C=O) groups is 1. The van der Waals surface area contributed by atoms with Gasteiger partial charge < -0.3 is 10.4 Å². The molecule has 0 amide bonds. The van der Waals surface area contributed by atoms with Crippen molar-refractivity contribution in [1.82, 2.24) is 0 Å². The van der Waals surface area contributed by atoms with Gasteiger partial charge in [0, 0.05) is 17.6 Å². The van der Waals surface area contributed by atoms with Gasteiger partial charge in [-0.2, -0.15) is 0 Å². The van der Waals surface area contributed by atoms with E-state index in [9.17, 15) is 14.3 Å². The minimum atomic E-state index is -1.29. The maximum absolute atomic E-state index is 13.8. The highest BCUT2D eigenvalue weighted by Crippen LogP contribution is 2.36. The number of anilines is 1. The lowest BCUT2D eigenvalue weighted by Gasteiger charge is -2.16. The van der Waals surface area contributed by atoms with Crippen molar-refractivity contribution in [3.63, 3.8) is 0 Å². The molecule has 2 rings (SSSR count). The van der Waals surface area contributed by atoms with Crippen molar-refractivity contribution in [2.45, 2.75) is 18.7 Å².